The van der Waals surface area contributed by atoms with E-state index in [9.17, 15) is 10.2 Å². The highest BCUT2D eigenvalue weighted by Crippen LogP contribution is 2.13. The topological polar surface area (TPSA) is 40.5 Å². The Morgan fingerprint density at radius 2 is 0.950 bits per heavy atom. The minimum Gasteiger partial charge on any atom is -0.389 e. The van der Waals surface area contributed by atoms with Crippen LogP contribution in [-0.4, -0.2) is 10.2 Å². The van der Waals surface area contributed by atoms with E-state index in [1.807, 2.05) is 48.5 Å². The molecule has 2 heteroatoms. The van der Waals surface area contributed by atoms with Crippen LogP contribution in [0, 0.1) is 11.8 Å². The van der Waals surface area contributed by atoms with E-state index >= 15 is 0 Å². The Hall–Kier alpha value is -2.08. The molecular formula is C18H18O2. The Labute approximate surface area is 119 Å². The van der Waals surface area contributed by atoms with E-state index in [4.69, 9.17) is 0 Å². The molecule has 0 spiro atoms. The molecule has 0 aliphatic heterocycles. The van der Waals surface area contributed by atoms with E-state index in [0.29, 0.717) is 0 Å². The van der Waals surface area contributed by atoms with E-state index in [1.54, 1.807) is 13.8 Å². The Kier molecular flexibility index (Phi) is 4.57. The molecule has 2 aromatic rings. The average Bonchev–Trinajstić information content (AvgIpc) is 2.46. The lowest BCUT2D eigenvalue weighted by Crippen LogP contribution is -1.90. The lowest BCUT2D eigenvalue weighted by Gasteiger charge is -2.03. The first-order valence-corrected chi connectivity index (χ1v) is 6.64. The number of aliphatic hydroxyl groups excluding tert-OH is 2. The van der Waals surface area contributed by atoms with Gasteiger partial charge < -0.3 is 10.2 Å². The van der Waals surface area contributed by atoms with Gasteiger partial charge in [0.25, 0.3) is 0 Å². The smallest absolute Gasteiger partial charge is 0.0761 e. The summed E-state index contributed by atoms with van der Waals surface area (Å²) in [4.78, 5) is 0. The molecular weight excluding hydrogens is 248 g/mol. The van der Waals surface area contributed by atoms with Gasteiger partial charge in [-0.3, -0.25) is 0 Å². The highest BCUT2D eigenvalue weighted by Gasteiger charge is 1.99. The Balaban J connectivity index is 2.13. The molecule has 0 radical (unpaired) electrons. The van der Waals surface area contributed by atoms with E-state index in [1.165, 1.54) is 0 Å². The van der Waals surface area contributed by atoms with E-state index in [-0.39, 0.29) is 0 Å². The van der Waals surface area contributed by atoms with E-state index < -0.39 is 12.2 Å². The van der Waals surface area contributed by atoms with E-state index in [2.05, 4.69) is 11.8 Å². The standard InChI is InChI=1S/C18H18O2/c1-13(19)17-9-5-15(6-10-17)3-4-16-7-11-18(12-8-16)14(2)20/h5-14,19-20H,1-2H3/t13-,14+. The van der Waals surface area contributed by atoms with Gasteiger partial charge in [-0.2, -0.15) is 0 Å². The predicted octanol–water partition coefficient (Wildman–Crippen LogP) is 3.19. The number of benzene rings is 2. The van der Waals surface area contributed by atoms with Crippen molar-refractivity contribution in [2.45, 2.75) is 26.1 Å². The molecule has 20 heavy (non-hydrogen) atoms. The molecule has 0 amide bonds. The van der Waals surface area contributed by atoms with Gasteiger partial charge in [0.15, 0.2) is 0 Å². The van der Waals surface area contributed by atoms with Gasteiger partial charge in [-0.1, -0.05) is 36.1 Å². The monoisotopic (exact) mass is 266 g/mol. The molecule has 0 saturated carbocycles. The maximum absolute atomic E-state index is 9.44. The highest BCUT2D eigenvalue weighted by molar-refractivity contribution is 5.44. The van der Waals surface area contributed by atoms with Crippen molar-refractivity contribution in [1.29, 1.82) is 0 Å². The van der Waals surface area contributed by atoms with Crippen molar-refractivity contribution < 1.29 is 10.2 Å². The molecule has 2 N–H and O–H groups in total. The zero-order chi connectivity index (χ0) is 14.5. The Morgan fingerprint density at radius 1 is 0.650 bits per heavy atom. The van der Waals surface area contributed by atoms with Crippen molar-refractivity contribution in [3.05, 3.63) is 70.8 Å². The van der Waals surface area contributed by atoms with Gasteiger partial charge in [0, 0.05) is 11.1 Å². The van der Waals surface area contributed by atoms with Crippen molar-refractivity contribution in [1.82, 2.24) is 0 Å². The first kappa shape index (κ1) is 14.3. The molecule has 2 rings (SSSR count). The zero-order valence-electron chi connectivity index (χ0n) is 11.7. The molecule has 0 heterocycles. The second-order valence-corrected chi connectivity index (χ2v) is 4.85. The van der Waals surface area contributed by atoms with Gasteiger partial charge in [-0.05, 0) is 49.2 Å². The van der Waals surface area contributed by atoms with Crippen molar-refractivity contribution in [3.63, 3.8) is 0 Å². The molecule has 2 atom stereocenters. The molecule has 0 unspecified atom stereocenters. The molecule has 0 saturated heterocycles. The number of hydrogen-bond acceptors (Lipinski definition) is 2. The summed E-state index contributed by atoms with van der Waals surface area (Å²) in [6, 6.07) is 15.1. The third kappa shape index (κ3) is 3.71. The molecule has 0 bridgehead atoms. The summed E-state index contributed by atoms with van der Waals surface area (Å²) in [6.45, 7) is 3.48. The molecule has 0 fully saturated rings. The van der Waals surface area contributed by atoms with Crippen LogP contribution in [0.25, 0.3) is 0 Å². The average molecular weight is 266 g/mol. The number of hydrogen-bond donors (Lipinski definition) is 2. The summed E-state index contributed by atoms with van der Waals surface area (Å²) < 4.78 is 0. The molecule has 0 aromatic heterocycles. The molecule has 0 aliphatic carbocycles. The SMILES string of the molecule is C[C@H](O)c1ccc(C#Cc2ccc([C@@H](C)O)cc2)cc1. The van der Waals surface area contributed by atoms with Crippen LogP contribution >= 0.6 is 0 Å². The van der Waals surface area contributed by atoms with Crippen molar-refractivity contribution >= 4 is 0 Å². The lowest BCUT2D eigenvalue weighted by atomic mass is 10.1. The van der Waals surface area contributed by atoms with Crippen LogP contribution in [0.15, 0.2) is 48.5 Å². The van der Waals surface area contributed by atoms with Crippen LogP contribution in [0.5, 0.6) is 0 Å². The summed E-state index contributed by atoms with van der Waals surface area (Å²) in [5.41, 5.74) is 3.59. The molecule has 2 nitrogen and oxygen atoms in total. The molecule has 0 aliphatic rings. The predicted molar refractivity (Wildman–Crippen MR) is 80.1 cm³/mol. The zero-order valence-corrected chi connectivity index (χ0v) is 11.7. The van der Waals surface area contributed by atoms with Gasteiger partial charge in [0.2, 0.25) is 0 Å². The van der Waals surface area contributed by atoms with Gasteiger partial charge in [-0.25, -0.2) is 0 Å². The highest BCUT2D eigenvalue weighted by atomic mass is 16.3. The van der Waals surface area contributed by atoms with Gasteiger partial charge in [-0.15, -0.1) is 0 Å². The van der Waals surface area contributed by atoms with E-state index in [0.717, 1.165) is 22.3 Å². The number of rotatable bonds is 2. The summed E-state index contributed by atoms with van der Waals surface area (Å²) >= 11 is 0. The summed E-state index contributed by atoms with van der Waals surface area (Å²) in [6.07, 6.45) is -0.907. The van der Waals surface area contributed by atoms with Gasteiger partial charge >= 0.3 is 0 Å². The van der Waals surface area contributed by atoms with Crippen LogP contribution in [0.3, 0.4) is 0 Å². The second kappa shape index (κ2) is 6.38. The Bertz CT molecular complexity index is 556. The van der Waals surface area contributed by atoms with Crippen molar-refractivity contribution in [2.75, 3.05) is 0 Å². The lowest BCUT2D eigenvalue weighted by molar-refractivity contribution is 0.199. The third-order valence-electron chi connectivity index (χ3n) is 3.14. The first-order chi connectivity index (χ1) is 9.56. The Morgan fingerprint density at radius 3 is 1.20 bits per heavy atom. The minimum atomic E-state index is -0.454. The van der Waals surface area contributed by atoms with Gasteiger partial charge in [0.05, 0.1) is 12.2 Å². The largest absolute Gasteiger partial charge is 0.389 e. The third-order valence-corrected chi connectivity index (χ3v) is 3.14. The summed E-state index contributed by atoms with van der Waals surface area (Å²) in [5, 5.41) is 18.9. The van der Waals surface area contributed by atoms with Crippen LogP contribution in [-0.2, 0) is 0 Å². The normalized spacial score (nSPS) is 13.2. The maximum atomic E-state index is 9.44. The summed E-state index contributed by atoms with van der Waals surface area (Å²) in [7, 11) is 0. The van der Waals surface area contributed by atoms with Crippen LogP contribution in [0.1, 0.15) is 48.3 Å². The fraction of sp³-hybridized carbons (Fsp3) is 0.222. The number of aliphatic hydroxyl groups is 2. The van der Waals surface area contributed by atoms with Crippen LogP contribution in [0.2, 0.25) is 0 Å². The molecule has 102 valence electrons. The van der Waals surface area contributed by atoms with Gasteiger partial charge in [0.1, 0.15) is 0 Å². The van der Waals surface area contributed by atoms with Crippen molar-refractivity contribution in [3.8, 4) is 11.8 Å². The first-order valence-electron chi connectivity index (χ1n) is 6.64. The second-order valence-electron chi connectivity index (χ2n) is 4.85. The van der Waals surface area contributed by atoms with Crippen molar-refractivity contribution in [2.24, 2.45) is 0 Å². The van der Waals surface area contributed by atoms with Crippen LogP contribution in [0.4, 0.5) is 0 Å². The summed E-state index contributed by atoms with van der Waals surface area (Å²) in [5.74, 6) is 6.16. The fourth-order valence-electron chi connectivity index (χ4n) is 1.83. The fourth-order valence-corrected chi connectivity index (χ4v) is 1.83. The molecule has 2 aromatic carbocycles. The maximum Gasteiger partial charge on any atom is 0.0761 e. The van der Waals surface area contributed by atoms with Crippen LogP contribution < -0.4 is 0 Å². The quantitative estimate of drug-likeness (QED) is 0.820. The minimum absolute atomic E-state index is 0.454.